The molecule has 1 fully saturated rings. The van der Waals surface area contributed by atoms with Gasteiger partial charge in [0.2, 0.25) is 5.95 Å². The van der Waals surface area contributed by atoms with Gasteiger partial charge in [-0.15, -0.1) is 0 Å². The highest BCUT2D eigenvalue weighted by Gasteiger charge is 2.44. The number of ether oxygens (including phenoxy) is 1. The quantitative estimate of drug-likeness (QED) is 0.836. The number of hydrogen-bond donors (Lipinski definition) is 0. The maximum atomic E-state index is 14.3. The largest absolute Gasteiger partial charge is 0.493 e. The number of benzene rings is 1. The van der Waals surface area contributed by atoms with E-state index in [1.165, 1.54) is 0 Å². The number of alkyl halides is 3. The van der Waals surface area contributed by atoms with Crippen LogP contribution in [0.5, 0.6) is 5.75 Å². The Morgan fingerprint density at radius 3 is 2.80 bits per heavy atom. The fourth-order valence-corrected chi connectivity index (χ4v) is 3.69. The van der Waals surface area contributed by atoms with Crippen molar-refractivity contribution in [3.8, 4) is 17.0 Å². The van der Waals surface area contributed by atoms with Crippen molar-refractivity contribution in [2.45, 2.75) is 31.4 Å². The summed E-state index contributed by atoms with van der Waals surface area (Å²) in [4.78, 5) is 10.2. The number of halogens is 3. The second-order valence-corrected chi connectivity index (χ2v) is 6.83. The van der Waals surface area contributed by atoms with Gasteiger partial charge in [0, 0.05) is 24.0 Å². The third-order valence-corrected chi connectivity index (χ3v) is 5.12. The van der Waals surface area contributed by atoms with E-state index in [2.05, 4.69) is 9.97 Å². The average Bonchev–Trinajstić information content (AvgIpc) is 3.15. The number of anilines is 1. The molecule has 0 bridgehead atoms. The monoisotopic (exact) mass is 347 g/mol. The Morgan fingerprint density at radius 1 is 1.16 bits per heavy atom. The number of hydrogen-bond acceptors (Lipinski definition) is 4. The van der Waals surface area contributed by atoms with Crippen molar-refractivity contribution >= 4 is 5.95 Å². The van der Waals surface area contributed by atoms with Crippen LogP contribution in [0.4, 0.5) is 19.1 Å². The molecule has 0 unspecified atom stereocenters. The molecule has 2 aliphatic heterocycles. The maximum Gasteiger partial charge on any atom is 0.290 e. The van der Waals surface area contributed by atoms with Gasteiger partial charge in [0.05, 0.1) is 25.4 Å². The van der Waals surface area contributed by atoms with E-state index in [4.69, 9.17) is 4.74 Å². The summed E-state index contributed by atoms with van der Waals surface area (Å²) in [6.45, 7) is 0.934. The van der Waals surface area contributed by atoms with Gasteiger partial charge >= 0.3 is 0 Å². The highest BCUT2D eigenvalue weighted by molar-refractivity contribution is 5.69. The van der Waals surface area contributed by atoms with Crippen molar-refractivity contribution in [1.29, 1.82) is 0 Å². The van der Waals surface area contributed by atoms with Crippen molar-refractivity contribution in [1.82, 2.24) is 9.97 Å². The summed E-state index contributed by atoms with van der Waals surface area (Å²) in [7, 11) is 0. The predicted octanol–water partition coefficient (Wildman–Crippen LogP) is 3.27. The van der Waals surface area contributed by atoms with Crippen LogP contribution in [-0.4, -0.2) is 35.8 Å². The van der Waals surface area contributed by atoms with Crippen LogP contribution in [0.3, 0.4) is 0 Å². The van der Waals surface area contributed by atoms with E-state index in [1.54, 1.807) is 4.90 Å². The second-order valence-electron chi connectivity index (χ2n) is 6.83. The lowest BCUT2D eigenvalue weighted by Crippen LogP contribution is -2.49. The zero-order valence-corrected chi connectivity index (χ0v) is 13.4. The van der Waals surface area contributed by atoms with E-state index in [1.807, 2.05) is 18.2 Å². The standard InChI is InChI=1S/C18H16F3N3O/c19-12-8-24(9-12)17-22-15(13-3-5-18(20,21)16(13)23-17)11-2-1-10-4-6-25-14(10)7-11/h1-2,7,12H,3-6,8-9H2. The van der Waals surface area contributed by atoms with Crippen molar-refractivity contribution in [2.75, 3.05) is 24.6 Å². The molecule has 0 atom stereocenters. The minimum absolute atomic E-state index is 0.150. The van der Waals surface area contributed by atoms with Crippen LogP contribution in [0.1, 0.15) is 23.2 Å². The van der Waals surface area contributed by atoms with E-state index in [0.717, 1.165) is 23.3 Å². The highest BCUT2D eigenvalue weighted by Crippen LogP contribution is 2.45. The molecular formula is C18H16F3N3O. The highest BCUT2D eigenvalue weighted by atomic mass is 19.3. The Hall–Kier alpha value is -2.31. The molecule has 3 heterocycles. The molecule has 0 saturated carbocycles. The summed E-state index contributed by atoms with van der Waals surface area (Å²) in [5, 5.41) is 0. The summed E-state index contributed by atoms with van der Waals surface area (Å²) in [5.41, 5.74) is 2.65. The second kappa shape index (κ2) is 5.09. The van der Waals surface area contributed by atoms with Gasteiger partial charge in [0.25, 0.3) is 5.92 Å². The minimum atomic E-state index is -2.96. The third kappa shape index (κ3) is 2.28. The minimum Gasteiger partial charge on any atom is -0.493 e. The average molecular weight is 347 g/mol. The van der Waals surface area contributed by atoms with Gasteiger partial charge in [-0.1, -0.05) is 12.1 Å². The van der Waals surface area contributed by atoms with E-state index in [-0.39, 0.29) is 37.6 Å². The number of nitrogens with zero attached hydrogens (tertiary/aromatic N) is 3. The predicted molar refractivity (Wildman–Crippen MR) is 86.0 cm³/mol. The fourth-order valence-electron chi connectivity index (χ4n) is 3.69. The molecule has 4 nitrogen and oxygen atoms in total. The molecule has 2 aromatic rings. The number of aromatic nitrogens is 2. The molecule has 5 rings (SSSR count). The Labute approximate surface area is 142 Å². The Balaban J connectivity index is 1.65. The van der Waals surface area contributed by atoms with Crippen LogP contribution >= 0.6 is 0 Å². The van der Waals surface area contributed by atoms with E-state index >= 15 is 0 Å². The maximum absolute atomic E-state index is 14.3. The van der Waals surface area contributed by atoms with Crippen LogP contribution in [0.2, 0.25) is 0 Å². The van der Waals surface area contributed by atoms with Gasteiger partial charge in [-0.2, -0.15) is 8.78 Å². The summed E-state index contributed by atoms with van der Waals surface area (Å²) in [5.74, 6) is -2.00. The van der Waals surface area contributed by atoms with Gasteiger partial charge in [-0.25, -0.2) is 14.4 Å². The molecule has 25 heavy (non-hydrogen) atoms. The van der Waals surface area contributed by atoms with Crippen molar-refractivity contribution in [3.63, 3.8) is 0 Å². The molecule has 1 aliphatic carbocycles. The molecule has 1 saturated heterocycles. The first kappa shape index (κ1) is 15.0. The smallest absolute Gasteiger partial charge is 0.290 e. The molecule has 1 aromatic carbocycles. The van der Waals surface area contributed by atoms with Crippen LogP contribution < -0.4 is 9.64 Å². The van der Waals surface area contributed by atoms with E-state index in [9.17, 15) is 13.2 Å². The van der Waals surface area contributed by atoms with Crippen LogP contribution in [0.15, 0.2) is 18.2 Å². The molecule has 0 amide bonds. The molecule has 1 aromatic heterocycles. The molecule has 7 heteroatoms. The zero-order chi connectivity index (χ0) is 17.2. The molecule has 0 radical (unpaired) electrons. The lowest BCUT2D eigenvalue weighted by molar-refractivity contribution is -0.00594. The lowest BCUT2D eigenvalue weighted by atomic mass is 10.0. The van der Waals surface area contributed by atoms with E-state index < -0.39 is 12.1 Å². The topological polar surface area (TPSA) is 38.2 Å². The third-order valence-electron chi connectivity index (χ3n) is 5.12. The van der Waals surface area contributed by atoms with Crippen molar-refractivity contribution in [3.05, 3.63) is 35.0 Å². The zero-order valence-electron chi connectivity index (χ0n) is 13.4. The first-order valence-electron chi connectivity index (χ1n) is 8.45. The van der Waals surface area contributed by atoms with Crippen LogP contribution in [-0.2, 0) is 18.8 Å². The van der Waals surface area contributed by atoms with Crippen LogP contribution in [0.25, 0.3) is 11.3 Å². The van der Waals surface area contributed by atoms with Gasteiger partial charge in [-0.3, -0.25) is 0 Å². The summed E-state index contributed by atoms with van der Waals surface area (Å²) >= 11 is 0. The molecule has 130 valence electrons. The molecule has 0 spiro atoms. The molecule has 0 N–H and O–H groups in total. The van der Waals surface area contributed by atoms with Crippen molar-refractivity contribution in [2.24, 2.45) is 0 Å². The first-order valence-corrected chi connectivity index (χ1v) is 8.45. The molecular weight excluding hydrogens is 331 g/mol. The number of fused-ring (bicyclic) bond motifs is 2. The fraction of sp³-hybridized carbons (Fsp3) is 0.444. The van der Waals surface area contributed by atoms with Crippen molar-refractivity contribution < 1.29 is 17.9 Å². The Bertz CT molecular complexity index is 865. The van der Waals surface area contributed by atoms with Gasteiger partial charge in [-0.05, 0) is 18.1 Å². The first-order chi connectivity index (χ1) is 12.0. The summed E-state index contributed by atoms with van der Waals surface area (Å²) < 4.78 is 47.4. The van der Waals surface area contributed by atoms with Gasteiger partial charge in [0.1, 0.15) is 17.6 Å². The SMILES string of the molecule is FC1CN(c2nc(-c3ccc4c(c3)OCC4)c3c(n2)C(F)(F)CC3)C1. The Morgan fingerprint density at radius 2 is 2.00 bits per heavy atom. The normalized spacial score (nSPS) is 20.8. The number of rotatable bonds is 2. The summed E-state index contributed by atoms with van der Waals surface area (Å²) in [6.07, 6.45) is -0.122. The van der Waals surface area contributed by atoms with Gasteiger partial charge < -0.3 is 9.64 Å². The van der Waals surface area contributed by atoms with Crippen LogP contribution in [0, 0.1) is 0 Å². The molecule has 3 aliphatic rings. The van der Waals surface area contributed by atoms with Gasteiger partial charge in [0.15, 0.2) is 0 Å². The lowest BCUT2D eigenvalue weighted by Gasteiger charge is -2.34. The Kier molecular flexibility index (Phi) is 3.05. The van der Waals surface area contributed by atoms with E-state index in [0.29, 0.717) is 17.9 Å². The summed E-state index contributed by atoms with van der Waals surface area (Å²) in [6, 6.07) is 5.71.